The van der Waals surface area contributed by atoms with Gasteiger partial charge in [0, 0.05) is 0 Å². The standard InChI is InChI=1S/C29H42O2/c1-4-5-6-12-19-29(2,3)25-17-18-27(24-15-10-11-16-26(30)20-24)28(21-25)31-22-23-13-8-7-9-14-23/h7-9,13-14,17-18,21,24,26,30H,4-6,10-12,15-16,19-20,22H2,1-3H3. The summed E-state index contributed by atoms with van der Waals surface area (Å²) < 4.78 is 6.45. The molecule has 31 heavy (non-hydrogen) atoms. The average molecular weight is 423 g/mol. The molecule has 1 saturated carbocycles. The molecule has 0 heterocycles. The Labute approximate surface area is 190 Å². The van der Waals surface area contributed by atoms with E-state index in [9.17, 15) is 5.11 Å². The maximum atomic E-state index is 10.4. The van der Waals surface area contributed by atoms with Crippen molar-refractivity contribution in [2.45, 2.75) is 109 Å². The molecule has 2 nitrogen and oxygen atoms in total. The molecule has 0 amide bonds. The molecule has 2 aromatic rings. The summed E-state index contributed by atoms with van der Waals surface area (Å²) in [6.45, 7) is 7.59. The van der Waals surface area contributed by atoms with Crippen LogP contribution in [0.15, 0.2) is 48.5 Å². The first-order chi connectivity index (χ1) is 15.0. The van der Waals surface area contributed by atoms with E-state index in [0.717, 1.165) is 31.4 Å². The second-order valence-electron chi connectivity index (χ2n) is 10.1. The highest BCUT2D eigenvalue weighted by Crippen LogP contribution is 2.40. The Morgan fingerprint density at radius 1 is 0.968 bits per heavy atom. The number of hydrogen-bond donors (Lipinski definition) is 1. The Balaban J connectivity index is 1.83. The van der Waals surface area contributed by atoms with Crippen molar-refractivity contribution in [3.63, 3.8) is 0 Å². The SMILES string of the molecule is CCCCCCC(C)(C)c1ccc(C2CCCCC(O)C2)c(OCc2ccccc2)c1. The number of unbranched alkanes of at least 4 members (excludes halogenated alkanes) is 3. The van der Waals surface area contributed by atoms with Gasteiger partial charge in [-0.1, -0.05) is 102 Å². The fourth-order valence-electron chi connectivity index (χ4n) is 4.91. The van der Waals surface area contributed by atoms with E-state index in [0.29, 0.717) is 12.5 Å². The van der Waals surface area contributed by atoms with Crippen molar-refractivity contribution < 1.29 is 9.84 Å². The fraction of sp³-hybridized carbons (Fsp3) is 0.586. The molecule has 0 spiro atoms. The van der Waals surface area contributed by atoms with Crippen LogP contribution in [-0.2, 0) is 12.0 Å². The first-order valence-electron chi connectivity index (χ1n) is 12.5. The zero-order valence-electron chi connectivity index (χ0n) is 19.9. The topological polar surface area (TPSA) is 29.5 Å². The van der Waals surface area contributed by atoms with Crippen molar-refractivity contribution in [1.29, 1.82) is 0 Å². The summed E-state index contributed by atoms with van der Waals surface area (Å²) in [7, 11) is 0. The van der Waals surface area contributed by atoms with Crippen LogP contribution in [0.25, 0.3) is 0 Å². The molecule has 2 atom stereocenters. The number of hydrogen-bond acceptors (Lipinski definition) is 2. The summed E-state index contributed by atoms with van der Waals surface area (Å²) >= 11 is 0. The summed E-state index contributed by atoms with van der Waals surface area (Å²) in [5.41, 5.74) is 3.98. The van der Waals surface area contributed by atoms with E-state index in [4.69, 9.17) is 4.74 Å². The lowest BCUT2D eigenvalue weighted by atomic mass is 9.78. The third-order valence-electron chi connectivity index (χ3n) is 7.02. The molecule has 0 radical (unpaired) electrons. The summed E-state index contributed by atoms with van der Waals surface area (Å²) in [5, 5.41) is 10.4. The Kier molecular flexibility index (Phi) is 9.02. The molecule has 0 aliphatic heterocycles. The smallest absolute Gasteiger partial charge is 0.123 e. The second-order valence-corrected chi connectivity index (χ2v) is 10.1. The first kappa shape index (κ1) is 23.9. The van der Waals surface area contributed by atoms with Gasteiger partial charge in [-0.25, -0.2) is 0 Å². The van der Waals surface area contributed by atoms with E-state index in [1.165, 1.54) is 55.2 Å². The minimum atomic E-state index is -0.191. The number of ether oxygens (including phenoxy) is 1. The van der Waals surface area contributed by atoms with Gasteiger partial charge in [-0.3, -0.25) is 0 Å². The third-order valence-corrected chi connectivity index (χ3v) is 7.02. The van der Waals surface area contributed by atoms with Gasteiger partial charge >= 0.3 is 0 Å². The Morgan fingerprint density at radius 3 is 2.52 bits per heavy atom. The largest absolute Gasteiger partial charge is 0.489 e. The Bertz CT molecular complexity index is 781. The van der Waals surface area contributed by atoms with Gasteiger partial charge in [-0.05, 0) is 59.8 Å². The van der Waals surface area contributed by atoms with Crippen LogP contribution in [0.5, 0.6) is 5.75 Å². The molecule has 1 fully saturated rings. The molecule has 170 valence electrons. The van der Waals surface area contributed by atoms with Crippen molar-refractivity contribution in [2.75, 3.05) is 0 Å². The highest BCUT2D eigenvalue weighted by Gasteiger charge is 2.26. The normalized spacial score (nSPS) is 19.7. The van der Waals surface area contributed by atoms with Crippen molar-refractivity contribution in [2.24, 2.45) is 0 Å². The van der Waals surface area contributed by atoms with Gasteiger partial charge in [0.1, 0.15) is 12.4 Å². The predicted molar refractivity (Wildman–Crippen MR) is 131 cm³/mol. The van der Waals surface area contributed by atoms with Crippen LogP contribution in [0.1, 0.15) is 108 Å². The lowest BCUT2D eigenvalue weighted by molar-refractivity contribution is 0.151. The molecule has 0 bridgehead atoms. The zero-order chi connectivity index (χ0) is 22.1. The van der Waals surface area contributed by atoms with Gasteiger partial charge < -0.3 is 9.84 Å². The lowest BCUT2D eigenvalue weighted by Crippen LogP contribution is -2.18. The van der Waals surface area contributed by atoms with Crippen molar-refractivity contribution >= 4 is 0 Å². The summed E-state index contributed by atoms with van der Waals surface area (Å²) in [6, 6.07) is 17.3. The maximum absolute atomic E-state index is 10.4. The fourth-order valence-corrected chi connectivity index (χ4v) is 4.91. The molecule has 0 aromatic heterocycles. The van der Waals surface area contributed by atoms with Crippen LogP contribution >= 0.6 is 0 Å². The van der Waals surface area contributed by atoms with Crippen LogP contribution in [0.4, 0.5) is 0 Å². The summed E-state index contributed by atoms with van der Waals surface area (Å²) in [6.07, 6.45) is 11.4. The molecular formula is C29H42O2. The Hall–Kier alpha value is -1.80. The van der Waals surface area contributed by atoms with E-state index in [1.54, 1.807) is 0 Å². The molecule has 1 aliphatic rings. The van der Waals surface area contributed by atoms with Crippen molar-refractivity contribution in [3.05, 3.63) is 65.2 Å². The van der Waals surface area contributed by atoms with Gasteiger partial charge in [0.15, 0.2) is 0 Å². The molecule has 2 unspecified atom stereocenters. The van der Waals surface area contributed by atoms with Crippen LogP contribution in [0.3, 0.4) is 0 Å². The highest BCUT2D eigenvalue weighted by atomic mass is 16.5. The molecular weight excluding hydrogens is 380 g/mol. The minimum Gasteiger partial charge on any atom is -0.489 e. The van der Waals surface area contributed by atoms with Crippen LogP contribution in [0, 0.1) is 0 Å². The Morgan fingerprint density at radius 2 is 1.74 bits per heavy atom. The first-order valence-corrected chi connectivity index (χ1v) is 12.5. The maximum Gasteiger partial charge on any atom is 0.123 e. The second kappa shape index (κ2) is 11.7. The number of aliphatic hydroxyl groups excluding tert-OH is 1. The number of rotatable bonds is 10. The highest BCUT2D eigenvalue weighted by molar-refractivity contribution is 5.43. The van der Waals surface area contributed by atoms with E-state index < -0.39 is 0 Å². The van der Waals surface area contributed by atoms with Gasteiger partial charge in [0.05, 0.1) is 6.10 Å². The molecule has 2 aromatic carbocycles. The van der Waals surface area contributed by atoms with Crippen molar-refractivity contribution in [1.82, 2.24) is 0 Å². The van der Waals surface area contributed by atoms with Gasteiger partial charge in [-0.2, -0.15) is 0 Å². The van der Waals surface area contributed by atoms with E-state index in [2.05, 4.69) is 63.2 Å². The molecule has 0 saturated heterocycles. The number of aliphatic hydroxyl groups is 1. The average Bonchev–Trinajstić information content (AvgIpc) is 3.00. The monoisotopic (exact) mass is 422 g/mol. The third kappa shape index (κ3) is 7.10. The molecule has 1 aliphatic carbocycles. The van der Waals surface area contributed by atoms with Crippen LogP contribution in [-0.4, -0.2) is 11.2 Å². The van der Waals surface area contributed by atoms with Gasteiger partial charge in [0.25, 0.3) is 0 Å². The quantitative estimate of drug-likeness (QED) is 0.311. The summed E-state index contributed by atoms with van der Waals surface area (Å²) in [5.74, 6) is 1.40. The lowest BCUT2D eigenvalue weighted by Gasteiger charge is -2.28. The van der Waals surface area contributed by atoms with E-state index >= 15 is 0 Å². The molecule has 2 heteroatoms. The van der Waals surface area contributed by atoms with Crippen LogP contribution < -0.4 is 4.74 Å². The van der Waals surface area contributed by atoms with Gasteiger partial charge in [0.2, 0.25) is 0 Å². The molecule has 3 rings (SSSR count). The number of benzene rings is 2. The summed E-state index contributed by atoms with van der Waals surface area (Å²) in [4.78, 5) is 0. The van der Waals surface area contributed by atoms with Crippen molar-refractivity contribution in [3.8, 4) is 5.75 Å². The minimum absolute atomic E-state index is 0.139. The van der Waals surface area contributed by atoms with E-state index in [-0.39, 0.29) is 11.5 Å². The van der Waals surface area contributed by atoms with Gasteiger partial charge in [-0.15, -0.1) is 0 Å². The predicted octanol–water partition coefficient (Wildman–Crippen LogP) is 7.92. The van der Waals surface area contributed by atoms with Crippen LogP contribution in [0.2, 0.25) is 0 Å². The molecule has 1 N–H and O–H groups in total. The van der Waals surface area contributed by atoms with E-state index in [1.807, 2.05) is 6.07 Å². The zero-order valence-corrected chi connectivity index (χ0v) is 19.9.